The van der Waals surface area contributed by atoms with E-state index in [1.54, 1.807) is 0 Å². The van der Waals surface area contributed by atoms with Gasteiger partial charge in [0.25, 0.3) is 0 Å². The molecule has 9 heteroatoms. The number of rotatable bonds is 7. The van der Waals surface area contributed by atoms with Gasteiger partial charge in [0.2, 0.25) is 4.77 Å². The Bertz CT molecular complexity index is 1270. The van der Waals surface area contributed by atoms with Crippen LogP contribution in [0.4, 0.5) is 0 Å². The van der Waals surface area contributed by atoms with Crippen LogP contribution in [0.15, 0.2) is 48.5 Å². The van der Waals surface area contributed by atoms with E-state index >= 15 is 0 Å². The molecule has 4 rings (SSSR count). The van der Waals surface area contributed by atoms with Crippen LogP contribution < -0.4 is 0 Å². The Morgan fingerprint density at radius 2 is 1.97 bits per heavy atom. The summed E-state index contributed by atoms with van der Waals surface area (Å²) >= 11 is 12.0. The highest BCUT2D eigenvalue weighted by atomic mass is 35.5. The SMILES string of the molecule is CCCN(Cn1nc(-c2ccc(Cl)cc2)n(-c2cccc(C)c2)c1=S)[C@H]1CCS(=O)(=O)C1. The van der Waals surface area contributed by atoms with Crippen LogP contribution in [0.2, 0.25) is 5.02 Å². The van der Waals surface area contributed by atoms with E-state index < -0.39 is 9.84 Å². The van der Waals surface area contributed by atoms with Gasteiger partial charge in [0, 0.05) is 16.6 Å². The summed E-state index contributed by atoms with van der Waals surface area (Å²) in [6.07, 6.45) is 1.57. The van der Waals surface area contributed by atoms with Crippen molar-refractivity contribution in [2.45, 2.75) is 39.4 Å². The quantitative estimate of drug-likeness (QED) is 0.441. The van der Waals surface area contributed by atoms with E-state index in [-0.39, 0.29) is 17.5 Å². The first-order chi connectivity index (χ1) is 15.3. The molecule has 170 valence electrons. The molecule has 0 unspecified atom stereocenters. The van der Waals surface area contributed by atoms with Gasteiger partial charge in [0.05, 0.1) is 23.9 Å². The lowest BCUT2D eigenvalue weighted by atomic mass is 10.2. The number of nitrogens with zero attached hydrogens (tertiary/aromatic N) is 4. The lowest BCUT2D eigenvalue weighted by molar-refractivity contribution is 0.155. The van der Waals surface area contributed by atoms with Crippen molar-refractivity contribution in [3.63, 3.8) is 0 Å². The zero-order valence-corrected chi connectivity index (χ0v) is 20.6. The molecule has 1 fully saturated rings. The lowest BCUT2D eigenvalue weighted by Gasteiger charge is -2.27. The van der Waals surface area contributed by atoms with Gasteiger partial charge in [-0.2, -0.15) is 0 Å². The van der Waals surface area contributed by atoms with Gasteiger partial charge in [0.15, 0.2) is 15.7 Å². The zero-order chi connectivity index (χ0) is 22.9. The Kier molecular flexibility index (Phi) is 6.86. The molecule has 2 heterocycles. The van der Waals surface area contributed by atoms with Gasteiger partial charge in [-0.15, -0.1) is 5.10 Å². The summed E-state index contributed by atoms with van der Waals surface area (Å²) in [4.78, 5) is 2.19. The van der Waals surface area contributed by atoms with Gasteiger partial charge >= 0.3 is 0 Å². The molecule has 1 aromatic heterocycles. The molecule has 0 saturated carbocycles. The highest BCUT2D eigenvalue weighted by molar-refractivity contribution is 7.91. The fraction of sp³-hybridized carbons (Fsp3) is 0.391. The van der Waals surface area contributed by atoms with Crippen LogP contribution in [0, 0.1) is 11.7 Å². The fourth-order valence-corrected chi connectivity index (χ4v) is 6.35. The van der Waals surface area contributed by atoms with Crippen LogP contribution in [0.3, 0.4) is 0 Å². The molecular formula is C23H27ClN4O2S2. The largest absolute Gasteiger partial charge is 0.280 e. The number of aromatic nitrogens is 3. The minimum Gasteiger partial charge on any atom is -0.280 e. The summed E-state index contributed by atoms with van der Waals surface area (Å²) in [7, 11) is -2.97. The van der Waals surface area contributed by atoms with Crippen LogP contribution in [0.25, 0.3) is 17.1 Å². The smallest absolute Gasteiger partial charge is 0.204 e. The van der Waals surface area contributed by atoms with Crippen molar-refractivity contribution < 1.29 is 8.42 Å². The third-order valence-corrected chi connectivity index (χ3v) is 8.15. The van der Waals surface area contributed by atoms with Crippen molar-refractivity contribution in [2.24, 2.45) is 0 Å². The highest BCUT2D eigenvalue weighted by Crippen LogP contribution is 2.26. The minimum atomic E-state index is -2.97. The molecular weight excluding hydrogens is 464 g/mol. The molecule has 32 heavy (non-hydrogen) atoms. The average Bonchev–Trinajstić information content (AvgIpc) is 3.27. The Labute approximate surface area is 199 Å². The molecule has 0 amide bonds. The Morgan fingerprint density at radius 1 is 1.22 bits per heavy atom. The minimum absolute atomic E-state index is 0.00930. The molecule has 6 nitrogen and oxygen atoms in total. The van der Waals surface area contributed by atoms with Gasteiger partial charge in [-0.3, -0.25) is 9.47 Å². The number of hydrogen-bond acceptors (Lipinski definition) is 5. The maximum atomic E-state index is 12.1. The zero-order valence-electron chi connectivity index (χ0n) is 18.2. The Morgan fingerprint density at radius 3 is 2.59 bits per heavy atom. The van der Waals surface area contributed by atoms with Gasteiger partial charge in [0.1, 0.15) is 0 Å². The van der Waals surface area contributed by atoms with Gasteiger partial charge in [-0.1, -0.05) is 30.7 Å². The summed E-state index contributed by atoms with van der Waals surface area (Å²) in [5.74, 6) is 1.17. The molecule has 1 aliphatic rings. The second-order valence-corrected chi connectivity index (χ2v) is 11.3. The van der Waals surface area contributed by atoms with Gasteiger partial charge in [-0.25, -0.2) is 13.1 Å². The van der Waals surface area contributed by atoms with Crippen LogP contribution >= 0.6 is 23.8 Å². The van der Waals surface area contributed by atoms with Crippen LogP contribution in [-0.4, -0.2) is 51.8 Å². The third kappa shape index (κ3) is 4.98. The van der Waals surface area contributed by atoms with Crippen molar-refractivity contribution in [1.82, 2.24) is 19.2 Å². The molecule has 1 saturated heterocycles. The molecule has 2 aromatic carbocycles. The summed E-state index contributed by atoms with van der Waals surface area (Å²) in [5, 5.41) is 5.54. The first-order valence-electron chi connectivity index (χ1n) is 10.7. The number of halogens is 1. The second-order valence-electron chi connectivity index (χ2n) is 8.30. The van der Waals surface area contributed by atoms with Crippen LogP contribution in [-0.2, 0) is 16.5 Å². The Balaban J connectivity index is 1.78. The normalized spacial score (nSPS) is 17.8. The van der Waals surface area contributed by atoms with E-state index in [9.17, 15) is 8.42 Å². The van der Waals surface area contributed by atoms with Crippen molar-refractivity contribution in [3.05, 3.63) is 63.9 Å². The van der Waals surface area contributed by atoms with Crippen molar-refractivity contribution in [1.29, 1.82) is 0 Å². The van der Waals surface area contributed by atoms with E-state index in [0.717, 1.165) is 35.6 Å². The second kappa shape index (κ2) is 9.47. The van der Waals surface area contributed by atoms with Crippen molar-refractivity contribution >= 4 is 33.7 Å². The van der Waals surface area contributed by atoms with Crippen molar-refractivity contribution in [3.8, 4) is 17.1 Å². The third-order valence-electron chi connectivity index (χ3n) is 5.75. The van der Waals surface area contributed by atoms with E-state index in [1.165, 1.54) is 0 Å². The topological polar surface area (TPSA) is 60.1 Å². The maximum absolute atomic E-state index is 12.1. The van der Waals surface area contributed by atoms with E-state index in [1.807, 2.05) is 58.6 Å². The first-order valence-corrected chi connectivity index (χ1v) is 13.4. The Hall–Kier alpha value is -2.00. The summed E-state index contributed by atoms with van der Waals surface area (Å²) < 4.78 is 28.5. The number of aryl methyl sites for hydroxylation is 1. The lowest BCUT2D eigenvalue weighted by Crippen LogP contribution is -2.38. The molecule has 0 N–H and O–H groups in total. The van der Waals surface area contributed by atoms with Crippen LogP contribution in [0.1, 0.15) is 25.3 Å². The highest BCUT2D eigenvalue weighted by Gasteiger charge is 2.32. The van der Waals surface area contributed by atoms with E-state index in [0.29, 0.717) is 22.9 Å². The monoisotopic (exact) mass is 490 g/mol. The molecule has 0 spiro atoms. The number of sulfone groups is 1. The number of benzene rings is 2. The molecule has 3 aromatic rings. The predicted molar refractivity (Wildman–Crippen MR) is 132 cm³/mol. The van der Waals surface area contributed by atoms with Gasteiger partial charge < -0.3 is 0 Å². The summed E-state index contributed by atoms with van der Waals surface area (Å²) in [5.41, 5.74) is 2.98. The fourth-order valence-electron chi connectivity index (χ4n) is 4.18. The standard InChI is InChI=1S/C23H27ClN4O2S2/c1-3-12-26(21-11-13-32(29,30)15-21)16-27-23(31)28(20-6-4-5-17(2)14-20)22(25-27)18-7-9-19(24)10-8-18/h4-10,14,21H,3,11-13,15-16H2,1-2H3/t21-/m0/s1. The molecule has 1 aliphatic heterocycles. The molecule has 0 aliphatic carbocycles. The van der Waals surface area contributed by atoms with Crippen LogP contribution in [0.5, 0.6) is 0 Å². The summed E-state index contributed by atoms with van der Waals surface area (Å²) in [6.45, 7) is 5.38. The van der Waals surface area contributed by atoms with Crippen molar-refractivity contribution in [2.75, 3.05) is 18.1 Å². The molecule has 1 atom stereocenters. The maximum Gasteiger partial charge on any atom is 0.204 e. The van der Waals surface area contributed by atoms with E-state index in [4.69, 9.17) is 28.9 Å². The summed E-state index contributed by atoms with van der Waals surface area (Å²) in [6, 6.07) is 15.7. The molecule has 0 bridgehead atoms. The predicted octanol–water partition coefficient (Wildman–Crippen LogP) is 4.89. The number of hydrogen-bond donors (Lipinski definition) is 0. The molecule has 0 radical (unpaired) electrons. The first kappa shape index (κ1) is 23.2. The average molecular weight is 491 g/mol. The van der Waals surface area contributed by atoms with E-state index in [2.05, 4.69) is 17.9 Å². The van der Waals surface area contributed by atoms with Gasteiger partial charge in [-0.05, 0) is 80.5 Å².